The maximum Gasteiger partial charge on any atom is 0.242 e. The third-order valence-electron chi connectivity index (χ3n) is 6.19. The Balaban J connectivity index is 1.68. The van der Waals surface area contributed by atoms with Gasteiger partial charge in [-0.1, -0.05) is 67.8 Å². The highest BCUT2D eigenvalue weighted by Gasteiger charge is 2.28. The topological polar surface area (TPSA) is 49.4 Å². The molecule has 2 aromatic rings. The molecule has 3 rings (SSSR count). The normalized spacial score (nSPS) is 14.9. The van der Waals surface area contributed by atoms with Crippen LogP contribution in [0.5, 0.6) is 0 Å². The first-order valence-electron chi connectivity index (χ1n) is 11.4. The second kappa shape index (κ2) is 11.3. The quantitative estimate of drug-likeness (QED) is 0.574. The van der Waals surface area contributed by atoms with Gasteiger partial charge in [-0.3, -0.25) is 9.59 Å². The van der Waals surface area contributed by atoms with Crippen LogP contribution in [-0.2, 0) is 29.0 Å². The SMILES string of the molecule is CCc1ccc(CCC(=O)N(Cc2ccc(Cl)cc2)[C@H](C)C(=O)NC2CCCC2)cc1. The molecule has 2 aromatic carbocycles. The van der Waals surface area contributed by atoms with Gasteiger partial charge in [0, 0.05) is 24.0 Å². The van der Waals surface area contributed by atoms with Crippen LogP contribution >= 0.6 is 11.6 Å². The highest BCUT2D eigenvalue weighted by molar-refractivity contribution is 6.30. The molecule has 166 valence electrons. The van der Waals surface area contributed by atoms with Crippen molar-refractivity contribution >= 4 is 23.4 Å². The summed E-state index contributed by atoms with van der Waals surface area (Å²) >= 11 is 6.01. The Morgan fingerprint density at radius 1 is 1.00 bits per heavy atom. The van der Waals surface area contributed by atoms with Crippen LogP contribution in [0.4, 0.5) is 0 Å². The summed E-state index contributed by atoms with van der Waals surface area (Å²) < 4.78 is 0. The van der Waals surface area contributed by atoms with E-state index in [-0.39, 0.29) is 17.9 Å². The van der Waals surface area contributed by atoms with Crippen LogP contribution in [0, 0.1) is 0 Å². The molecule has 1 fully saturated rings. The zero-order valence-electron chi connectivity index (χ0n) is 18.6. The largest absolute Gasteiger partial charge is 0.352 e. The minimum atomic E-state index is -0.522. The Morgan fingerprint density at radius 3 is 2.19 bits per heavy atom. The van der Waals surface area contributed by atoms with Gasteiger partial charge in [-0.2, -0.15) is 0 Å². The van der Waals surface area contributed by atoms with Crippen molar-refractivity contribution in [3.63, 3.8) is 0 Å². The summed E-state index contributed by atoms with van der Waals surface area (Å²) in [5, 5.41) is 3.80. The van der Waals surface area contributed by atoms with E-state index < -0.39 is 6.04 Å². The van der Waals surface area contributed by atoms with Crippen LogP contribution in [0.15, 0.2) is 48.5 Å². The molecule has 31 heavy (non-hydrogen) atoms. The molecule has 0 bridgehead atoms. The van der Waals surface area contributed by atoms with Gasteiger partial charge in [-0.25, -0.2) is 0 Å². The maximum atomic E-state index is 13.2. The fourth-order valence-electron chi connectivity index (χ4n) is 4.10. The molecule has 0 spiro atoms. The third-order valence-corrected chi connectivity index (χ3v) is 6.45. The number of hydrogen-bond donors (Lipinski definition) is 1. The lowest BCUT2D eigenvalue weighted by atomic mass is 10.0. The summed E-state index contributed by atoms with van der Waals surface area (Å²) in [5.41, 5.74) is 3.39. The number of carbonyl (C=O) groups is 2. The molecule has 1 N–H and O–H groups in total. The number of aryl methyl sites for hydroxylation is 2. The lowest BCUT2D eigenvalue weighted by Gasteiger charge is -2.30. The molecule has 5 heteroatoms. The van der Waals surface area contributed by atoms with E-state index in [0.717, 1.165) is 43.2 Å². The van der Waals surface area contributed by atoms with Crippen molar-refractivity contribution in [2.75, 3.05) is 0 Å². The fraction of sp³-hybridized carbons (Fsp3) is 0.462. The molecule has 1 atom stereocenters. The number of carbonyl (C=O) groups excluding carboxylic acids is 2. The molecule has 2 amide bonds. The first kappa shape index (κ1) is 23.3. The Morgan fingerprint density at radius 2 is 1.58 bits per heavy atom. The van der Waals surface area contributed by atoms with Crippen LogP contribution in [-0.4, -0.2) is 28.8 Å². The molecule has 0 heterocycles. The summed E-state index contributed by atoms with van der Waals surface area (Å²) in [6.07, 6.45) is 6.40. The molecule has 0 unspecified atom stereocenters. The highest BCUT2D eigenvalue weighted by atomic mass is 35.5. The first-order chi connectivity index (χ1) is 15.0. The zero-order valence-corrected chi connectivity index (χ0v) is 19.3. The Labute approximate surface area is 191 Å². The van der Waals surface area contributed by atoms with Crippen LogP contribution in [0.2, 0.25) is 5.02 Å². The summed E-state index contributed by atoms with van der Waals surface area (Å²) in [7, 11) is 0. The lowest BCUT2D eigenvalue weighted by molar-refractivity contribution is -0.140. The van der Waals surface area contributed by atoms with E-state index in [9.17, 15) is 9.59 Å². The van der Waals surface area contributed by atoms with Crippen molar-refractivity contribution in [1.82, 2.24) is 10.2 Å². The summed E-state index contributed by atoms with van der Waals surface area (Å²) in [6.45, 7) is 4.35. The average molecular weight is 441 g/mol. The zero-order chi connectivity index (χ0) is 22.2. The van der Waals surface area contributed by atoms with Crippen LogP contribution in [0.1, 0.15) is 62.6 Å². The van der Waals surface area contributed by atoms with Crippen LogP contribution in [0.3, 0.4) is 0 Å². The molecule has 0 saturated heterocycles. The van der Waals surface area contributed by atoms with Gasteiger partial charge in [-0.05, 0) is 61.4 Å². The molecular weight excluding hydrogens is 408 g/mol. The predicted molar refractivity (Wildman–Crippen MR) is 126 cm³/mol. The number of nitrogens with one attached hydrogen (secondary N) is 1. The van der Waals surface area contributed by atoms with E-state index in [1.54, 1.807) is 4.90 Å². The van der Waals surface area contributed by atoms with Crippen LogP contribution < -0.4 is 5.32 Å². The highest BCUT2D eigenvalue weighted by Crippen LogP contribution is 2.19. The Kier molecular flexibility index (Phi) is 8.53. The average Bonchev–Trinajstić information content (AvgIpc) is 3.30. The molecule has 0 radical (unpaired) electrons. The predicted octanol–water partition coefficient (Wildman–Crippen LogP) is 5.31. The Hall–Kier alpha value is -2.33. The Bertz CT molecular complexity index is 858. The van der Waals surface area contributed by atoms with E-state index in [1.807, 2.05) is 31.2 Å². The van der Waals surface area contributed by atoms with Gasteiger partial charge in [-0.15, -0.1) is 0 Å². The number of rotatable bonds is 9. The van der Waals surface area contributed by atoms with Gasteiger partial charge in [0.2, 0.25) is 11.8 Å². The number of benzene rings is 2. The molecule has 1 saturated carbocycles. The van der Waals surface area contributed by atoms with Crippen molar-refractivity contribution in [2.24, 2.45) is 0 Å². The van der Waals surface area contributed by atoms with Gasteiger partial charge in [0.25, 0.3) is 0 Å². The number of halogens is 1. The second-order valence-corrected chi connectivity index (χ2v) is 8.92. The van der Waals surface area contributed by atoms with Gasteiger partial charge in [0.15, 0.2) is 0 Å². The molecule has 0 aromatic heterocycles. The van der Waals surface area contributed by atoms with Gasteiger partial charge in [0.05, 0.1) is 0 Å². The maximum absolute atomic E-state index is 13.2. The summed E-state index contributed by atoms with van der Waals surface area (Å²) in [5.74, 6) is -0.0786. The molecule has 1 aliphatic carbocycles. The number of amides is 2. The van der Waals surface area contributed by atoms with E-state index in [0.29, 0.717) is 24.4 Å². The lowest BCUT2D eigenvalue weighted by Crippen LogP contribution is -2.49. The van der Waals surface area contributed by atoms with Gasteiger partial charge >= 0.3 is 0 Å². The third kappa shape index (κ3) is 6.83. The van der Waals surface area contributed by atoms with E-state index in [4.69, 9.17) is 11.6 Å². The van der Waals surface area contributed by atoms with Crippen molar-refractivity contribution in [3.8, 4) is 0 Å². The number of hydrogen-bond acceptors (Lipinski definition) is 2. The van der Waals surface area contributed by atoms with Crippen molar-refractivity contribution < 1.29 is 9.59 Å². The van der Waals surface area contributed by atoms with Crippen molar-refractivity contribution in [3.05, 3.63) is 70.2 Å². The molecule has 1 aliphatic rings. The van der Waals surface area contributed by atoms with Gasteiger partial charge < -0.3 is 10.2 Å². The molecule has 4 nitrogen and oxygen atoms in total. The first-order valence-corrected chi connectivity index (χ1v) is 11.8. The summed E-state index contributed by atoms with van der Waals surface area (Å²) in [4.78, 5) is 27.8. The standard InChI is InChI=1S/C26H33ClN2O2/c1-3-20-8-10-21(11-9-20)14-17-25(30)29(18-22-12-15-23(27)16-13-22)19(2)26(31)28-24-6-4-5-7-24/h8-13,15-16,19,24H,3-7,14,17-18H2,1-2H3,(H,28,31)/t19-/m1/s1. The number of nitrogens with zero attached hydrogens (tertiary/aromatic N) is 1. The van der Waals surface area contributed by atoms with E-state index in [1.165, 1.54) is 5.56 Å². The van der Waals surface area contributed by atoms with Crippen LogP contribution in [0.25, 0.3) is 0 Å². The van der Waals surface area contributed by atoms with Crippen molar-refractivity contribution in [1.29, 1.82) is 0 Å². The van der Waals surface area contributed by atoms with E-state index in [2.05, 4.69) is 36.5 Å². The summed E-state index contributed by atoms with van der Waals surface area (Å²) in [6, 6.07) is 15.6. The molecule has 0 aliphatic heterocycles. The smallest absolute Gasteiger partial charge is 0.242 e. The monoisotopic (exact) mass is 440 g/mol. The minimum Gasteiger partial charge on any atom is -0.352 e. The second-order valence-electron chi connectivity index (χ2n) is 8.48. The van der Waals surface area contributed by atoms with E-state index >= 15 is 0 Å². The molecular formula is C26H33ClN2O2. The minimum absolute atomic E-state index is 0.0106. The van der Waals surface area contributed by atoms with Gasteiger partial charge in [0.1, 0.15) is 6.04 Å². The fourth-order valence-corrected chi connectivity index (χ4v) is 4.22. The van der Waals surface area contributed by atoms with Crippen molar-refractivity contribution in [2.45, 2.75) is 77.4 Å².